The first-order chi connectivity index (χ1) is 17.2. The lowest BCUT2D eigenvalue weighted by molar-refractivity contribution is -0.130. The molecule has 0 unspecified atom stereocenters. The largest absolute Gasteiger partial charge is 0.497 e. The minimum absolute atomic E-state index is 0.142. The number of ether oxygens (including phenoxy) is 2. The van der Waals surface area contributed by atoms with E-state index in [4.69, 9.17) is 55.9 Å². The van der Waals surface area contributed by atoms with Crippen LogP contribution in [0.15, 0.2) is 48.5 Å². The third-order valence-corrected chi connectivity index (χ3v) is 8.09. The van der Waals surface area contributed by atoms with Crippen LogP contribution in [0.3, 0.4) is 0 Å². The molecule has 184 valence electrons. The predicted molar refractivity (Wildman–Crippen MR) is 137 cm³/mol. The number of nitrogens with zero attached hydrogens (tertiary/aromatic N) is 2. The van der Waals surface area contributed by atoms with Crippen LogP contribution in [0.1, 0.15) is 32.3 Å². The number of hydrogen-bond donors (Lipinski definition) is 0. The van der Waals surface area contributed by atoms with Crippen molar-refractivity contribution in [3.63, 3.8) is 0 Å². The van der Waals surface area contributed by atoms with Crippen molar-refractivity contribution in [2.75, 3.05) is 19.1 Å². The molecule has 0 saturated carbocycles. The normalized spacial score (nSPS) is 18.9. The number of benzene rings is 3. The summed E-state index contributed by atoms with van der Waals surface area (Å²) < 4.78 is 10.5. The molecule has 0 aromatic heterocycles. The summed E-state index contributed by atoms with van der Waals surface area (Å²) in [5.41, 5.74) is 0.896. The molecule has 5 rings (SSSR count). The van der Waals surface area contributed by atoms with Crippen molar-refractivity contribution in [1.82, 2.24) is 4.90 Å². The molecule has 0 N–H and O–H groups in total. The second-order valence-corrected chi connectivity index (χ2v) is 9.57. The van der Waals surface area contributed by atoms with Gasteiger partial charge in [-0.25, -0.2) is 0 Å². The van der Waals surface area contributed by atoms with Gasteiger partial charge in [-0.05, 0) is 42.0 Å². The summed E-state index contributed by atoms with van der Waals surface area (Å²) in [6.07, 6.45) is 0. The molecule has 3 amide bonds. The second kappa shape index (κ2) is 9.16. The predicted octanol–water partition coefficient (Wildman–Crippen LogP) is 6.07. The van der Waals surface area contributed by atoms with Crippen LogP contribution in [-0.2, 0) is 4.79 Å². The van der Waals surface area contributed by atoms with Crippen LogP contribution in [-0.4, -0.2) is 42.9 Å². The van der Waals surface area contributed by atoms with E-state index in [-0.39, 0.29) is 31.2 Å². The number of rotatable bonds is 5. The van der Waals surface area contributed by atoms with Gasteiger partial charge in [-0.1, -0.05) is 58.5 Å². The SMILES string of the molecule is COc1ccc([C@@H]2[C@@H](N3C(=O)c4c(Cl)c(Cl)c(Cl)c(Cl)c4C3=O)C(=O)N2c2ccc(OC)cc2)cc1. The molecule has 1 fully saturated rings. The van der Waals surface area contributed by atoms with Crippen molar-refractivity contribution in [3.8, 4) is 11.5 Å². The Bertz CT molecular complexity index is 1380. The molecule has 3 aromatic rings. The molecule has 1 saturated heterocycles. The maximum atomic E-state index is 13.6. The summed E-state index contributed by atoms with van der Waals surface area (Å²) in [5.74, 6) is -0.776. The molecule has 0 radical (unpaired) electrons. The van der Waals surface area contributed by atoms with Crippen molar-refractivity contribution in [1.29, 1.82) is 0 Å². The third kappa shape index (κ3) is 3.53. The summed E-state index contributed by atoms with van der Waals surface area (Å²) in [7, 11) is 3.08. The molecule has 7 nitrogen and oxygen atoms in total. The highest BCUT2D eigenvalue weighted by atomic mass is 35.5. The maximum Gasteiger partial charge on any atom is 0.264 e. The Hall–Kier alpha value is -2.97. The van der Waals surface area contributed by atoms with Gasteiger partial charge < -0.3 is 14.4 Å². The minimum Gasteiger partial charge on any atom is -0.497 e. The number of anilines is 1. The molecule has 2 heterocycles. The van der Waals surface area contributed by atoms with Gasteiger partial charge in [-0.15, -0.1) is 0 Å². The molecule has 0 aliphatic carbocycles. The van der Waals surface area contributed by atoms with E-state index in [9.17, 15) is 14.4 Å². The first kappa shape index (κ1) is 24.7. The number of halogens is 4. The first-order valence-electron chi connectivity index (χ1n) is 10.6. The van der Waals surface area contributed by atoms with E-state index < -0.39 is 29.8 Å². The number of imide groups is 1. The molecule has 11 heteroatoms. The van der Waals surface area contributed by atoms with E-state index in [0.29, 0.717) is 22.7 Å². The highest BCUT2D eigenvalue weighted by Crippen LogP contribution is 2.49. The third-order valence-electron chi connectivity index (χ3n) is 6.29. The zero-order valence-electron chi connectivity index (χ0n) is 18.7. The second-order valence-electron chi connectivity index (χ2n) is 8.06. The lowest BCUT2D eigenvalue weighted by Gasteiger charge is -2.49. The average Bonchev–Trinajstić information content (AvgIpc) is 3.15. The van der Waals surface area contributed by atoms with Gasteiger partial charge >= 0.3 is 0 Å². The standard InChI is InChI=1S/C25H16Cl4N2O5/c1-35-13-7-3-11(4-8-13)21-22(25(34)30(21)12-5-9-14(36-2)10-6-12)31-23(32)15-16(24(31)33)18(27)20(29)19(28)17(15)26/h3-10,21-22H,1-2H3/t21-,22-/m1/s1. The summed E-state index contributed by atoms with van der Waals surface area (Å²) in [6.45, 7) is 0. The quantitative estimate of drug-likeness (QED) is 0.162. The Labute approximate surface area is 226 Å². The molecule has 0 spiro atoms. The van der Waals surface area contributed by atoms with Gasteiger partial charge in [0.15, 0.2) is 0 Å². The van der Waals surface area contributed by atoms with Crippen LogP contribution in [0.25, 0.3) is 0 Å². The Morgan fingerprint density at radius 2 is 1.06 bits per heavy atom. The number of methoxy groups -OCH3 is 2. The van der Waals surface area contributed by atoms with Gasteiger partial charge in [0, 0.05) is 5.69 Å². The van der Waals surface area contributed by atoms with Crippen LogP contribution < -0.4 is 14.4 Å². The van der Waals surface area contributed by atoms with Gasteiger partial charge in [0.2, 0.25) is 0 Å². The van der Waals surface area contributed by atoms with Crippen molar-refractivity contribution in [2.24, 2.45) is 0 Å². The fourth-order valence-electron chi connectivity index (χ4n) is 4.51. The Morgan fingerprint density at radius 1 is 0.611 bits per heavy atom. The van der Waals surface area contributed by atoms with Gasteiger partial charge in [0.05, 0.1) is 51.5 Å². The molecule has 2 atom stereocenters. The molecule has 36 heavy (non-hydrogen) atoms. The van der Waals surface area contributed by atoms with Crippen molar-refractivity contribution >= 4 is 69.8 Å². The number of amides is 3. The number of carbonyl (C=O) groups is 3. The zero-order valence-corrected chi connectivity index (χ0v) is 21.7. The van der Waals surface area contributed by atoms with Gasteiger partial charge in [-0.3, -0.25) is 19.3 Å². The van der Waals surface area contributed by atoms with Crippen molar-refractivity contribution in [2.45, 2.75) is 12.1 Å². The van der Waals surface area contributed by atoms with Crippen molar-refractivity contribution < 1.29 is 23.9 Å². The number of hydrogen-bond acceptors (Lipinski definition) is 5. The fraction of sp³-hybridized carbons (Fsp3) is 0.160. The van der Waals surface area contributed by atoms with Crippen molar-refractivity contribution in [3.05, 3.63) is 85.3 Å². The zero-order chi connectivity index (χ0) is 25.9. The number of carbonyl (C=O) groups excluding carboxylic acids is 3. The molecule has 2 aliphatic heterocycles. The highest BCUT2D eigenvalue weighted by Gasteiger charge is 2.58. The Balaban J connectivity index is 1.61. The molecule has 3 aromatic carbocycles. The summed E-state index contributed by atoms with van der Waals surface area (Å²) in [5, 5.41) is -0.670. The Morgan fingerprint density at radius 3 is 1.50 bits per heavy atom. The lowest BCUT2D eigenvalue weighted by atomic mass is 9.86. The van der Waals surface area contributed by atoms with E-state index in [2.05, 4.69) is 0 Å². The smallest absolute Gasteiger partial charge is 0.264 e. The van der Waals surface area contributed by atoms with Gasteiger partial charge in [-0.2, -0.15) is 0 Å². The topological polar surface area (TPSA) is 76.2 Å². The number of fused-ring (bicyclic) bond motifs is 1. The van der Waals surface area contributed by atoms with E-state index in [0.717, 1.165) is 4.90 Å². The first-order valence-corrected chi connectivity index (χ1v) is 12.1. The van der Waals surface area contributed by atoms with Crippen LogP contribution in [0.5, 0.6) is 11.5 Å². The molecule has 2 aliphatic rings. The fourth-order valence-corrected chi connectivity index (χ4v) is 5.52. The van der Waals surface area contributed by atoms with E-state index >= 15 is 0 Å². The lowest BCUT2D eigenvalue weighted by Crippen LogP contribution is -2.67. The van der Waals surface area contributed by atoms with E-state index in [1.807, 2.05) is 0 Å². The molecule has 0 bridgehead atoms. The summed E-state index contributed by atoms with van der Waals surface area (Å²) in [6, 6.07) is 12.0. The Kier molecular flexibility index (Phi) is 6.29. The van der Waals surface area contributed by atoms with Crippen LogP contribution >= 0.6 is 46.4 Å². The monoisotopic (exact) mass is 564 g/mol. The molecular weight excluding hydrogens is 550 g/mol. The van der Waals surface area contributed by atoms with E-state index in [1.54, 1.807) is 48.5 Å². The maximum absolute atomic E-state index is 13.6. The van der Waals surface area contributed by atoms with Crippen LogP contribution in [0.4, 0.5) is 5.69 Å². The van der Waals surface area contributed by atoms with Gasteiger partial charge in [0.25, 0.3) is 17.7 Å². The van der Waals surface area contributed by atoms with E-state index in [1.165, 1.54) is 19.1 Å². The van der Waals surface area contributed by atoms with Crippen LogP contribution in [0, 0.1) is 0 Å². The minimum atomic E-state index is -1.16. The highest BCUT2D eigenvalue weighted by molar-refractivity contribution is 6.55. The van der Waals surface area contributed by atoms with Gasteiger partial charge in [0.1, 0.15) is 17.5 Å². The summed E-state index contributed by atoms with van der Waals surface area (Å²) >= 11 is 24.8. The number of β-lactam (4-membered cyclic amide) rings is 1. The average molecular weight is 566 g/mol. The van der Waals surface area contributed by atoms with Crippen LogP contribution in [0.2, 0.25) is 20.1 Å². The summed E-state index contributed by atoms with van der Waals surface area (Å²) in [4.78, 5) is 42.9. The molecular formula is C25H16Cl4N2O5.